The molecule has 4 amide bonds. The van der Waals surface area contributed by atoms with Crippen molar-refractivity contribution >= 4 is 34.9 Å². The molecule has 1 saturated carbocycles. The second-order valence-electron chi connectivity index (χ2n) is 19.7. The molecule has 5 unspecified atom stereocenters. The molecule has 1 spiro atoms. The molecule has 0 radical (unpaired) electrons. The van der Waals surface area contributed by atoms with E-state index in [4.69, 9.17) is 9.72 Å². The van der Waals surface area contributed by atoms with Crippen LogP contribution in [-0.4, -0.2) is 106 Å². The van der Waals surface area contributed by atoms with Gasteiger partial charge in [0.15, 0.2) is 6.04 Å². The van der Waals surface area contributed by atoms with E-state index in [-0.39, 0.29) is 55.2 Å². The highest BCUT2D eigenvalue weighted by Gasteiger charge is 2.44. The minimum Gasteiger partial charge on any atom is -0.453 e. The third-order valence-corrected chi connectivity index (χ3v) is 14.4. The number of quaternary nitrogens is 1. The zero-order valence-corrected chi connectivity index (χ0v) is 40.9. The monoisotopic (exact) mass is 963 g/mol. The van der Waals surface area contributed by atoms with Crippen LogP contribution in [0.25, 0.3) is 44.4 Å². The van der Waals surface area contributed by atoms with Crippen molar-refractivity contribution in [2.24, 2.45) is 11.3 Å². The zero-order valence-electron chi connectivity index (χ0n) is 40.9. The van der Waals surface area contributed by atoms with Crippen LogP contribution in [0.4, 0.5) is 18.4 Å². The number of methoxy groups -OCH3 is 2. The topological polar surface area (TPSA) is 196 Å². The van der Waals surface area contributed by atoms with E-state index in [9.17, 15) is 28.4 Å². The highest BCUT2D eigenvalue weighted by atomic mass is 19.1. The summed E-state index contributed by atoms with van der Waals surface area (Å²) in [7, 11) is 2.45. The molecule has 2 aliphatic heterocycles. The Labute approximate surface area is 406 Å². The molecule has 70 heavy (non-hydrogen) atoms. The molecule has 5 atom stereocenters. The number of alkyl halides is 2. The predicted molar refractivity (Wildman–Crippen MR) is 261 cm³/mol. The number of carbonyl (C=O) groups excluding carboxylic acids is 4. The molecule has 2 aliphatic carbocycles. The number of nitrogens with zero attached hydrogens (tertiary/aromatic N) is 4. The van der Waals surface area contributed by atoms with Gasteiger partial charge >= 0.3 is 12.2 Å². The summed E-state index contributed by atoms with van der Waals surface area (Å²) < 4.78 is 39.1. The van der Waals surface area contributed by atoms with Crippen LogP contribution < -0.4 is 16.2 Å². The lowest BCUT2D eigenvalue weighted by molar-refractivity contribution is -0.601. The molecule has 2 aromatic heterocycles. The van der Waals surface area contributed by atoms with Crippen molar-refractivity contribution in [1.29, 1.82) is 0 Å². The Morgan fingerprint density at radius 3 is 2.04 bits per heavy atom. The third kappa shape index (κ3) is 10.4. The van der Waals surface area contributed by atoms with E-state index in [1.165, 1.54) is 66.1 Å². The largest absolute Gasteiger partial charge is 0.513 e. The normalized spacial score (nSPS) is 20.8. The molecule has 3 fully saturated rings. The number of hydrogen-bond donors (Lipinski definition) is 4. The number of hydrogen-bond acceptors (Lipinski definition) is 9. The number of aromatic nitrogens is 4. The Hall–Kier alpha value is -6.49. The average molecular weight is 964 g/mol. The van der Waals surface area contributed by atoms with Gasteiger partial charge in [-0.2, -0.15) is 4.79 Å². The Bertz CT molecular complexity index is 2790. The van der Waals surface area contributed by atoms with Gasteiger partial charge in [0, 0.05) is 18.8 Å². The Morgan fingerprint density at radius 1 is 0.814 bits per heavy atom. The quantitative estimate of drug-likeness (QED) is 0.107. The van der Waals surface area contributed by atoms with Crippen LogP contribution in [0.15, 0.2) is 65.6 Å². The molecular weight excluding hydrogens is 899 g/mol. The van der Waals surface area contributed by atoms with Gasteiger partial charge in [0.25, 0.3) is 11.5 Å². The molecule has 2 saturated heterocycles. The molecule has 15 nitrogen and oxygen atoms in total. The highest BCUT2D eigenvalue weighted by Crippen LogP contribution is 2.52. The van der Waals surface area contributed by atoms with E-state index in [2.05, 4.69) is 63.1 Å². The van der Waals surface area contributed by atoms with Gasteiger partial charge in [-0.1, -0.05) is 95.8 Å². The number of imidazole rings is 1. The molecule has 4 heterocycles. The lowest BCUT2D eigenvalue weighted by Crippen LogP contribution is -2.96. The van der Waals surface area contributed by atoms with E-state index in [1.54, 1.807) is 6.20 Å². The van der Waals surface area contributed by atoms with E-state index in [0.717, 1.165) is 59.2 Å². The van der Waals surface area contributed by atoms with Crippen LogP contribution >= 0.6 is 0 Å². The molecule has 4 aliphatic rings. The summed E-state index contributed by atoms with van der Waals surface area (Å²) in [6.07, 6.45) is 6.89. The first-order chi connectivity index (χ1) is 33.7. The summed E-state index contributed by atoms with van der Waals surface area (Å²) in [4.78, 5) is 82.7. The first-order valence-electron chi connectivity index (χ1n) is 24.6. The molecule has 5 aromatic rings. The molecule has 372 valence electrons. The predicted octanol–water partition coefficient (Wildman–Crippen LogP) is 8.05. The fourth-order valence-corrected chi connectivity index (χ4v) is 11.0. The smallest absolute Gasteiger partial charge is 0.453 e. The van der Waals surface area contributed by atoms with Crippen LogP contribution in [0.5, 0.6) is 0 Å². The number of fused-ring (bicyclic) bond motifs is 2. The highest BCUT2D eigenvalue weighted by molar-refractivity contribution is 5.87. The Morgan fingerprint density at radius 2 is 1.41 bits per heavy atom. The maximum Gasteiger partial charge on any atom is 0.513 e. The second-order valence-corrected chi connectivity index (χ2v) is 19.7. The fourth-order valence-electron chi connectivity index (χ4n) is 11.0. The fraction of sp³-hybridized carbons (Fsp3) is 0.491. The van der Waals surface area contributed by atoms with Crippen molar-refractivity contribution in [3.05, 3.63) is 93.9 Å². The Kier molecular flexibility index (Phi) is 15.1. The molecular formula is C53H65F2N8O7+. The van der Waals surface area contributed by atoms with Crippen molar-refractivity contribution in [3.63, 3.8) is 0 Å². The average Bonchev–Trinajstić information content (AvgIpc) is 4.17. The third-order valence-electron chi connectivity index (χ3n) is 14.4. The molecule has 0 bridgehead atoms. The molecule has 5 N–H and O–H groups in total. The first-order valence-corrected chi connectivity index (χ1v) is 24.6. The van der Waals surface area contributed by atoms with Gasteiger partial charge in [0.2, 0.25) is 5.91 Å². The van der Waals surface area contributed by atoms with Crippen molar-refractivity contribution in [2.75, 3.05) is 33.9 Å². The van der Waals surface area contributed by atoms with Crippen molar-refractivity contribution < 1.29 is 42.7 Å². The van der Waals surface area contributed by atoms with Crippen molar-refractivity contribution in [3.8, 4) is 33.5 Å². The lowest BCUT2D eigenvalue weighted by atomic mass is 9.72. The first kappa shape index (κ1) is 49.9. The number of alkyl carbamates (subject to hydrolysis) is 1. The van der Waals surface area contributed by atoms with E-state index >= 15 is 4.39 Å². The lowest BCUT2D eigenvalue weighted by Gasteiger charge is -2.33. The summed E-state index contributed by atoms with van der Waals surface area (Å²) in [5.74, 6) is -0.430. The van der Waals surface area contributed by atoms with Crippen LogP contribution in [0.1, 0.15) is 114 Å². The number of halogens is 2. The second kappa shape index (κ2) is 21.2. The summed E-state index contributed by atoms with van der Waals surface area (Å²) in [6, 6.07) is 16.0. The van der Waals surface area contributed by atoms with Crippen molar-refractivity contribution in [2.45, 2.75) is 122 Å². The van der Waals surface area contributed by atoms with Crippen LogP contribution in [0.2, 0.25) is 0 Å². The number of likely N-dealkylation sites (tertiary alicyclic amines) is 2. The number of aromatic amines is 2. The number of rotatable bonds is 10. The number of carbonyl (C=O) groups is 4. The number of primary amides is 1. The number of H-pyrrole nitrogens is 2. The zero-order chi connectivity index (χ0) is 49.9. The molecule has 3 aromatic carbocycles. The van der Waals surface area contributed by atoms with E-state index in [1.807, 2.05) is 44.2 Å². The molecule has 9 rings (SSSR count). The van der Waals surface area contributed by atoms with Gasteiger partial charge in [-0.25, -0.2) is 28.9 Å². The number of ether oxygens (including phenoxy) is 2. The summed E-state index contributed by atoms with van der Waals surface area (Å²) in [6.45, 7) is 7.29. The van der Waals surface area contributed by atoms with Crippen LogP contribution in [0.3, 0.4) is 0 Å². The van der Waals surface area contributed by atoms with E-state index < -0.39 is 54.5 Å². The van der Waals surface area contributed by atoms with Crippen LogP contribution in [-0.2, 0) is 31.9 Å². The standard InChI is InChI=1S/C50H56F2N8O7.C3H8/c1-27(2)43(57-49(65)67-4)47(63)60-26-32(52)20-41(60)45-55-38-15-12-30(18-35(38)46(62)58-45)34-14-13-33(36-21-50(22-37(34)36)16-6-5-7-17-50)28-8-10-29(11-9-28)39-23-53-44(56-39)40-19-31(51)25-59(40)42(61)24-54-48(64)66-3;1-3-2/h8-15,18,23,27,31-32,40-41,43H,5-7,16-17,19-22,24-26H2,1-4H3,(H,53,56)(H,54,64)(H,57,65)(H,55,58,62);3H2,1-2H3/p+1. The maximum atomic E-state index is 15.1. The number of amides is 4. The summed E-state index contributed by atoms with van der Waals surface area (Å²) in [5.41, 5.74) is 8.60. The minimum atomic E-state index is -1.32. The molecule has 17 heteroatoms. The van der Waals surface area contributed by atoms with Gasteiger partial charge in [0.05, 0.1) is 62.2 Å². The Balaban J connectivity index is 0.00000214. The van der Waals surface area contributed by atoms with Gasteiger partial charge in [-0.05, 0) is 82.2 Å². The number of nitrogens with two attached hydrogens (primary N) is 1. The minimum absolute atomic E-state index is 0.0289. The number of benzene rings is 3. The maximum absolute atomic E-state index is 15.1. The van der Waals surface area contributed by atoms with Gasteiger partial charge in [0.1, 0.15) is 30.5 Å². The van der Waals surface area contributed by atoms with Crippen LogP contribution in [0, 0.1) is 11.3 Å². The van der Waals surface area contributed by atoms with Gasteiger partial charge in [-0.3, -0.25) is 14.4 Å². The number of nitrogens with one attached hydrogen (secondary N) is 3. The summed E-state index contributed by atoms with van der Waals surface area (Å²) in [5, 5.41) is 3.99. The summed E-state index contributed by atoms with van der Waals surface area (Å²) >= 11 is 0. The van der Waals surface area contributed by atoms with Gasteiger partial charge in [-0.15, -0.1) is 0 Å². The SMILES string of the molecule is CCC.COC(=O)NCC(=O)N1CC(F)CC1c1ncc(-c2ccc(-c3ccc(-c4ccc5nc(C6CC(F)CN6C(=O)C([NH2+]C(=O)OC)C(C)C)[nH]c(=O)c5c4)c4c3CC3(CCCCC3)C4)cc2)[nH]1. The van der Waals surface area contributed by atoms with E-state index in [0.29, 0.717) is 16.7 Å². The van der Waals surface area contributed by atoms with Crippen molar-refractivity contribution in [1.82, 2.24) is 35.1 Å². The van der Waals surface area contributed by atoms with Gasteiger partial charge < -0.3 is 34.6 Å².